The Bertz CT molecular complexity index is 110. The minimum atomic E-state index is -0.311. The zero-order chi connectivity index (χ0) is 7.49. The molecular formula is C7H17NO2. The normalized spacial score (nSPS) is 10.0. The van der Waals surface area contributed by atoms with Crippen molar-refractivity contribution in [3.05, 3.63) is 0 Å². The van der Waals surface area contributed by atoms with E-state index in [1.165, 1.54) is 7.11 Å². The second kappa shape index (κ2) is 4.28. The van der Waals surface area contributed by atoms with Gasteiger partial charge in [-0.3, -0.25) is 4.79 Å². The number of esters is 1. The molecule has 0 saturated heterocycles. The van der Waals surface area contributed by atoms with Gasteiger partial charge in [0.25, 0.3) is 0 Å². The maximum atomic E-state index is 10.8. The van der Waals surface area contributed by atoms with Crippen LogP contribution in [0.3, 0.4) is 0 Å². The molecule has 0 aliphatic heterocycles. The highest BCUT2D eigenvalue weighted by molar-refractivity contribution is 5.75. The van der Waals surface area contributed by atoms with Crippen molar-refractivity contribution >= 4 is 5.97 Å². The summed E-state index contributed by atoms with van der Waals surface area (Å²) in [7, 11) is 1.42. The number of carbonyl (C=O) groups is 1. The van der Waals surface area contributed by atoms with Gasteiger partial charge in [-0.1, -0.05) is 6.92 Å². The van der Waals surface area contributed by atoms with E-state index >= 15 is 0 Å². The number of hydrogen-bond donors (Lipinski definition) is 1. The van der Waals surface area contributed by atoms with Crippen molar-refractivity contribution in [2.45, 2.75) is 27.2 Å². The molecule has 0 unspecified atom stereocenters. The third kappa shape index (κ3) is 2.82. The molecule has 0 fully saturated rings. The molecule has 3 nitrogen and oxygen atoms in total. The first-order valence-electron chi connectivity index (χ1n) is 3.13. The van der Waals surface area contributed by atoms with Gasteiger partial charge in [0.05, 0.1) is 12.5 Å². The molecule has 0 aromatic heterocycles. The average molecular weight is 147 g/mol. The van der Waals surface area contributed by atoms with E-state index < -0.39 is 0 Å². The Balaban J connectivity index is 0. The molecule has 0 atom stereocenters. The van der Waals surface area contributed by atoms with Crippen molar-refractivity contribution in [2.75, 3.05) is 7.11 Å². The summed E-state index contributed by atoms with van der Waals surface area (Å²) in [6.07, 6.45) is 0.819. The highest BCUT2D eigenvalue weighted by Crippen LogP contribution is 2.20. The molecule has 10 heavy (non-hydrogen) atoms. The molecule has 3 heteroatoms. The Hall–Kier alpha value is -0.570. The monoisotopic (exact) mass is 147 g/mol. The van der Waals surface area contributed by atoms with E-state index in [0.29, 0.717) is 0 Å². The molecule has 0 amide bonds. The number of carbonyl (C=O) groups excluding carboxylic acids is 1. The quantitative estimate of drug-likeness (QED) is 0.605. The molecular weight excluding hydrogens is 130 g/mol. The van der Waals surface area contributed by atoms with Crippen LogP contribution in [-0.2, 0) is 9.53 Å². The fourth-order valence-corrected chi connectivity index (χ4v) is 0.421. The minimum absolute atomic E-state index is 0. The summed E-state index contributed by atoms with van der Waals surface area (Å²) in [5, 5.41) is 0. The second-order valence-corrected chi connectivity index (χ2v) is 2.73. The fraction of sp³-hybridized carbons (Fsp3) is 0.857. The second-order valence-electron chi connectivity index (χ2n) is 2.73. The molecule has 3 N–H and O–H groups in total. The summed E-state index contributed by atoms with van der Waals surface area (Å²) < 4.78 is 4.57. The molecule has 0 aromatic rings. The average Bonchev–Trinajstić information content (AvgIpc) is 1.86. The smallest absolute Gasteiger partial charge is 0.311 e. The molecule has 0 spiro atoms. The molecule has 0 aliphatic carbocycles. The highest BCUT2D eigenvalue weighted by atomic mass is 16.5. The van der Waals surface area contributed by atoms with Gasteiger partial charge in [-0.25, -0.2) is 0 Å². The SMILES string of the molecule is CCC(C)(C)C(=O)OC.N. The number of rotatable bonds is 2. The fourth-order valence-electron chi connectivity index (χ4n) is 0.421. The summed E-state index contributed by atoms with van der Waals surface area (Å²) in [4.78, 5) is 10.8. The third-order valence-corrected chi connectivity index (χ3v) is 1.62. The van der Waals surface area contributed by atoms with Gasteiger partial charge < -0.3 is 10.9 Å². The van der Waals surface area contributed by atoms with Gasteiger partial charge in [0, 0.05) is 0 Å². The lowest BCUT2D eigenvalue weighted by atomic mass is 9.91. The lowest BCUT2D eigenvalue weighted by molar-refractivity contribution is -0.150. The molecule has 0 aliphatic rings. The van der Waals surface area contributed by atoms with Crippen LogP contribution in [0.4, 0.5) is 0 Å². The zero-order valence-corrected chi connectivity index (χ0v) is 7.23. The number of methoxy groups -OCH3 is 1. The third-order valence-electron chi connectivity index (χ3n) is 1.62. The van der Waals surface area contributed by atoms with Crippen molar-refractivity contribution in [3.63, 3.8) is 0 Å². The van der Waals surface area contributed by atoms with Crippen LogP contribution in [0, 0.1) is 5.41 Å². The maximum absolute atomic E-state index is 10.8. The van der Waals surface area contributed by atoms with E-state index in [2.05, 4.69) is 4.74 Å². The highest BCUT2D eigenvalue weighted by Gasteiger charge is 2.25. The first-order chi connectivity index (χ1) is 4.04. The van der Waals surface area contributed by atoms with Crippen LogP contribution in [0.25, 0.3) is 0 Å². The van der Waals surface area contributed by atoms with Crippen molar-refractivity contribution in [1.82, 2.24) is 6.15 Å². The summed E-state index contributed by atoms with van der Waals surface area (Å²) in [6, 6.07) is 0. The van der Waals surface area contributed by atoms with Crippen LogP contribution in [0.1, 0.15) is 27.2 Å². The largest absolute Gasteiger partial charge is 0.469 e. The van der Waals surface area contributed by atoms with Gasteiger partial charge in [0.15, 0.2) is 0 Å². The van der Waals surface area contributed by atoms with Crippen LogP contribution >= 0.6 is 0 Å². The standard InChI is InChI=1S/C7H14O2.H3N/c1-5-7(2,3)6(8)9-4;/h5H2,1-4H3;1H3. The molecule has 0 saturated carbocycles. The Kier molecular flexibility index (Phi) is 5.19. The van der Waals surface area contributed by atoms with E-state index in [4.69, 9.17) is 0 Å². The zero-order valence-electron chi connectivity index (χ0n) is 7.23. The van der Waals surface area contributed by atoms with Crippen LogP contribution in [-0.4, -0.2) is 13.1 Å². The van der Waals surface area contributed by atoms with Crippen molar-refractivity contribution in [3.8, 4) is 0 Å². The van der Waals surface area contributed by atoms with E-state index in [1.807, 2.05) is 20.8 Å². The molecule has 0 radical (unpaired) electrons. The first kappa shape index (κ1) is 12.1. The van der Waals surface area contributed by atoms with Gasteiger partial charge >= 0.3 is 5.97 Å². The molecule has 0 rings (SSSR count). The lowest BCUT2D eigenvalue weighted by Gasteiger charge is -2.17. The van der Waals surface area contributed by atoms with Crippen molar-refractivity contribution in [1.29, 1.82) is 0 Å². The first-order valence-corrected chi connectivity index (χ1v) is 3.13. The van der Waals surface area contributed by atoms with E-state index in [-0.39, 0.29) is 17.5 Å². The van der Waals surface area contributed by atoms with Crippen molar-refractivity contribution < 1.29 is 9.53 Å². The Morgan fingerprint density at radius 2 is 1.90 bits per heavy atom. The van der Waals surface area contributed by atoms with Gasteiger partial charge in [-0.15, -0.1) is 0 Å². The summed E-state index contributed by atoms with van der Waals surface area (Å²) in [5.74, 6) is -0.134. The van der Waals surface area contributed by atoms with Gasteiger partial charge in [0.2, 0.25) is 0 Å². The Morgan fingerprint density at radius 3 is 2.00 bits per heavy atom. The molecule has 62 valence electrons. The number of hydrogen-bond acceptors (Lipinski definition) is 3. The summed E-state index contributed by atoms with van der Waals surface area (Å²) >= 11 is 0. The van der Waals surface area contributed by atoms with E-state index in [9.17, 15) is 4.79 Å². The predicted octanol–water partition coefficient (Wildman–Crippen LogP) is 1.76. The number of ether oxygens (including phenoxy) is 1. The van der Waals surface area contributed by atoms with Crippen molar-refractivity contribution in [2.24, 2.45) is 5.41 Å². The van der Waals surface area contributed by atoms with Crippen LogP contribution in [0.5, 0.6) is 0 Å². The molecule has 0 heterocycles. The summed E-state index contributed by atoms with van der Waals surface area (Å²) in [6.45, 7) is 5.72. The van der Waals surface area contributed by atoms with Crippen LogP contribution in [0.15, 0.2) is 0 Å². The van der Waals surface area contributed by atoms with Crippen LogP contribution in [0.2, 0.25) is 0 Å². The molecule has 0 bridgehead atoms. The lowest BCUT2D eigenvalue weighted by Crippen LogP contribution is -2.24. The predicted molar refractivity (Wildman–Crippen MR) is 41.1 cm³/mol. The Labute approximate surface area is 62.3 Å². The topological polar surface area (TPSA) is 61.3 Å². The van der Waals surface area contributed by atoms with Gasteiger partial charge in [0.1, 0.15) is 0 Å². The Morgan fingerprint density at radius 1 is 1.50 bits per heavy atom. The molecule has 0 aromatic carbocycles. The van der Waals surface area contributed by atoms with E-state index in [0.717, 1.165) is 6.42 Å². The van der Waals surface area contributed by atoms with E-state index in [1.54, 1.807) is 0 Å². The minimum Gasteiger partial charge on any atom is -0.469 e. The van der Waals surface area contributed by atoms with Gasteiger partial charge in [-0.2, -0.15) is 0 Å². The summed E-state index contributed by atoms with van der Waals surface area (Å²) in [5.41, 5.74) is -0.311. The van der Waals surface area contributed by atoms with Crippen LogP contribution < -0.4 is 6.15 Å². The maximum Gasteiger partial charge on any atom is 0.311 e. The van der Waals surface area contributed by atoms with Gasteiger partial charge in [-0.05, 0) is 20.3 Å².